The van der Waals surface area contributed by atoms with Crippen molar-refractivity contribution in [2.24, 2.45) is 0 Å². The number of hydrogen-bond donors (Lipinski definition) is 0. The van der Waals surface area contributed by atoms with Gasteiger partial charge in [-0.05, 0) is 29.7 Å². The van der Waals surface area contributed by atoms with Gasteiger partial charge in [0.2, 0.25) is 5.91 Å². The normalized spacial score (nSPS) is 15.8. The summed E-state index contributed by atoms with van der Waals surface area (Å²) >= 11 is 12.5. The van der Waals surface area contributed by atoms with E-state index in [0.29, 0.717) is 49.1 Å². The smallest absolute Gasteiger partial charge is 0.327 e. The summed E-state index contributed by atoms with van der Waals surface area (Å²) in [6, 6.07) is 14.3. The zero-order valence-corrected chi connectivity index (χ0v) is 17.8. The molecule has 0 saturated carbocycles. The van der Waals surface area contributed by atoms with Crippen molar-refractivity contribution < 1.29 is 14.3 Å². The minimum atomic E-state index is -0.575. The minimum Gasteiger partial charge on any atom is -0.468 e. The second kappa shape index (κ2) is 10.1. The van der Waals surface area contributed by atoms with E-state index in [1.807, 2.05) is 52.3 Å². The first-order valence-electron chi connectivity index (χ1n) is 9.58. The summed E-state index contributed by atoms with van der Waals surface area (Å²) in [7, 11) is 1.38. The van der Waals surface area contributed by atoms with Gasteiger partial charge in [0.15, 0.2) is 0 Å². The fraction of sp³-hybridized carbons (Fsp3) is 0.364. The van der Waals surface area contributed by atoms with E-state index in [0.717, 1.165) is 11.1 Å². The van der Waals surface area contributed by atoms with Gasteiger partial charge >= 0.3 is 5.97 Å². The van der Waals surface area contributed by atoms with Crippen molar-refractivity contribution in [1.29, 1.82) is 0 Å². The number of carbonyl (C=O) groups is 2. The minimum absolute atomic E-state index is 0.0944. The standard InChI is InChI=1S/C22H24Cl2N2O3/c1-29-22(28)21(17-7-3-5-9-19(17)24)26-14-12-25(13-15-26)20(27)11-10-16-6-2-4-8-18(16)23/h2-9,21H,10-15H2,1H3/t21-/m1/s1. The van der Waals surface area contributed by atoms with Crippen LogP contribution < -0.4 is 0 Å². The first-order chi connectivity index (χ1) is 14.0. The lowest BCUT2D eigenvalue weighted by Gasteiger charge is -2.38. The Morgan fingerprint density at radius 3 is 2.21 bits per heavy atom. The molecule has 0 radical (unpaired) electrons. The molecular weight excluding hydrogens is 411 g/mol. The van der Waals surface area contributed by atoms with Gasteiger partial charge in [-0.1, -0.05) is 59.6 Å². The molecule has 3 rings (SSSR count). The number of aryl methyl sites for hydroxylation is 1. The molecule has 154 valence electrons. The highest BCUT2D eigenvalue weighted by atomic mass is 35.5. The van der Waals surface area contributed by atoms with Gasteiger partial charge in [0, 0.05) is 42.6 Å². The Labute approximate surface area is 181 Å². The van der Waals surface area contributed by atoms with Gasteiger partial charge in [-0.15, -0.1) is 0 Å². The van der Waals surface area contributed by atoms with Crippen LogP contribution in [0.2, 0.25) is 10.0 Å². The van der Waals surface area contributed by atoms with Crippen LogP contribution in [0.15, 0.2) is 48.5 Å². The summed E-state index contributed by atoms with van der Waals surface area (Å²) in [4.78, 5) is 28.9. The molecule has 1 aliphatic heterocycles. The highest BCUT2D eigenvalue weighted by molar-refractivity contribution is 6.31. The number of hydrogen-bond acceptors (Lipinski definition) is 4. The summed E-state index contributed by atoms with van der Waals surface area (Å²) in [6.07, 6.45) is 1.03. The number of rotatable bonds is 6. The van der Waals surface area contributed by atoms with E-state index >= 15 is 0 Å². The monoisotopic (exact) mass is 434 g/mol. The predicted molar refractivity (Wildman–Crippen MR) is 114 cm³/mol. The largest absolute Gasteiger partial charge is 0.468 e. The second-order valence-electron chi connectivity index (χ2n) is 6.96. The number of halogens is 2. The van der Waals surface area contributed by atoms with Crippen molar-refractivity contribution in [3.63, 3.8) is 0 Å². The third-order valence-corrected chi connectivity index (χ3v) is 5.94. The fourth-order valence-electron chi connectivity index (χ4n) is 3.61. The molecular formula is C22H24Cl2N2O3. The number of amides is 1. The van der Waals surface area contributed by atoms with E-state index in [1.54, 1.807) is 6.07 Å². The number of methoxy groups -OCH3 is 1. The van der Waals surface area contributed by atoms with Gasteiger partial charge in [-0.3, -0.25) is 9.69 Å². The Kier molecular flexibility index (Phi) is 7.53. The molecule has 1 fully saturated rings. The van der Waals surface area contributed by atoms with Crippen LogP contribution in [0.5, 0.6) is 0 Å². The molecule has 0 unspecified atom stereocenters. The lowest BCUT2D eigenvalue weighted by atomic mass is 10.0. The Hall–Kier alpha value is -2.08. The van der Waals surface area contributed by atoms with Crippen molar-refractivity contribution in [1.82, 2.24) is 9.80 Å². The van der Waals surface area contributed by atoms with E-state index in [2.05, 4.69) is 0 Å². The van der Waals surface area contributed by atoms with Crippen LogP contribution in [-0.2, 0) is 20.7 Å². The molecule has 7 heteroatoms. The number of carbonyl (C=O) groups excluding carboxylic acids is 2. The van der Waals surface area contributed by atoms with Crippen LogP contribution in [0.3, 0.4) is 0 Å². The van der Waals surface area contributed by atoms with E-state index < -0.39 is 6.04 Å². The molecule has 0 bridgehead atoms. The van der Waals surface area contributed by atoms with Crippen LogP contribution >= 0.6 is 23.2 Å². The van der Waals surface area contributed by atoms with Gasteiger partial charge in [0.25, 0.3) is 0 Å². The molecule has 5 nitrogen and oxygen atoms in total. The van der Waals surface area contributed by atoms with Gasteiger partial charge in [0.05, 0.1) is 7.11 Å². The number of ether oxygens (including phenoxy) is 1. The maximum atomic E-state index is 12.6. The molecule has 1 atom stereocenters. The van der Waals surface area contributed by atoms with Crippen molar-refractivity contribution in [2.45, 2.75) is 18.9 Å². The van der Waals surface area contributed by atoms with Crippen molar-refractivity contribution >= 4 is 35.1 Å². The van der Waals surface area contributed by atoms with E-state index in [9.17, 15) is 9.59 Å². The summed E-state index contributed by atoms with van der Waals surface area (Å²) in [5.41, 5.74) is 1.70. The molecule has 1 amide bonds. The average molecular weight is 435 g/mol. The van der Waals surface area contributed by atoms with Gasteiger partial charge in [0.1, 0.15) is 6.04 Å². The average Bonchev–Trinajstić information content (AvgIpc) is 2.74. The second-order valence-corrected chi connectivity index (χ2v) is 7.77. The maximum Gasteiger partial charge on any atom is 0.327 e. The Morgan fingerprint density at radius 2 is 1.59 bits per heavy atom. The van der Waals surface area contributed by atoms with Gasteiger partial charge < -0.3 is 9.64 Å². The number of benzene rings is 2. The molecule has 1 heterocycles. The zero-order valence-electron chi connectivity index (χ0n) is 16.3. The van der Waals surface area contributed by atoms with Crippen LogP contribution in [0.1, 0.15) is 23.6 Å². The van der Waals surface area contributed by atoms with Crippen molar-refractivity contribution in [3.05, 3.63) is 69.7 Å². The summed E-state index contributed by atoms with van der Waals surface area (Å²) in [5, 5.41) is 1.21. The Balaban J connectivity index is 1.61. The molecule has 0 N–H and O–H groups in total. The number of piperazine rings is 1. The third-order valence-electron chi connectivity index (χ3n) is 5.22. The SMILES string of the molecule is COC(=O)[C@@H](c1ccccc1Cl)N1CCN(C(=O)CCc2ccccc2Cl)CC1. The lowest BCUT2D eigenvalue weighted by molar-refractivity contribution is -0.148. The summed E-state index contributed by atoms with van der Waals surface area (Å²) in [6.45, 7) is 2.25. The zero-order chi connectivity index (χ0) is 20.8. The van der Waals surface area contributed by atoms with Gasteiger partial charge in [-0.2, -0.15) is 0 Å². The maximum absolute atomic E-state index is 12.6. The van der Waals surface area contributed by atoms with Crippen LogP contribution in [0, 0.1) is 0 Å². The number of esters is 1. The molecule has 29 heavy (non-hydrogen) atoms. The molecule has 0 aromatic heterocycles. The highest BCUT2D eigenvalue weighted by Crippen LogP contribution is 2.29. The van der Waals surface area contributed by atoms with E-state index in [-0.39, 0.29) is 11.9 Å². The van der Waals surface area contributed by atoms with Gasteiger partial charge in [-0.25, -0.2) is 4.79 Å². The van der Waals surface area contributed by atoms with Crippen LogP contribution in [-0.4, -0.2) is 55.0 Å². The third kappa shape index (κ3) is 5.30. The molecule has 1 aliphatic rings. The Morgan fingerprint density at radius 1 is 0.966 bits per heavy atom. The highest BCUT2D eigenvalue weighted by Gasteiger charge is 2.33. The lowest BCUT2D eigenvalue weighted by Crippen LogP contribution is -2.51. The first-order valence-corrected chi connectivity index (χ1v) is 10.3. The summed E-state index contributed by atoms with van der Waals surface area (Å²) < 4.78 is 5.02. The van der Waals surface area contributed by atoms with Crippen LogP contribution in [0.25, 0.3) is 0 Å². The molecule has 0 aliphatic carbocycles. The first kappa shape index (κ1) is 21.6. The molecule has 1 saturated heterocycles. The quantitative estimate of drug-likeness (QED) is 0.644. The fourth-order valence-corrected chi connectivity index (χ4v) is 4.08. The van der Waals surface area contributed by atoms with E-state index in [4.69, 9.17) is 27.9 Å². The topological polar surface area (TPSA) is 49.9 Å². The van der Waals surface area contributed by atoms with Crippen molar-refractivity contribution in [2.75, 3.05) is 33.3 Å². The Bertz CT molecular complexity index is 867. The molecule has 2 aromatic rings. The molecule has 0 spiro atoms. The van der Waals surface area contributed by atoms with Crippen molar-refractivity contribution in [3.8, 4) is 0 Å². The summed E-state index contributed by atoms with van der Waals surface area (Å²) in [5.74, 6) is -0.256. The number of nitrogens with zero attached hydrogens (tertiary/aromatic N) is 2. The predicted octanol–water partition coefficient (Wildman–Crippen LogP) is 3.98. The molecule has 2 aromatic carbocycles. The van der Waals surface area contributed by atoms with E-state index in [1.165, 1.54) is 7.11 Å². The van der Waals surface area contributed by atoms with Crippen LogP contribution in [0.4, 0.5) is 0 Å².